The Morgan fingerprint density at radius 1 is 1.14 bits per heavy atom. The van der Waals surface area contributed by atoms with Crippen LogP contribution in [0.5, 0.6) is 0 Å². The Hall–Kier alpha value is -1.00. The topological polar surface area (TPSA) is 92.8 Å². The molecule has 1 aliphatic rings. The zero-order valence-electron chi connectivity index (χ0n) is 12.5. The first kappa shape index (κ1) is 17.4. The molecule has 1 fully saturated rings. The summed E-state index contributed by atoms with van der Waals surface area (Å²) < 4.78 is 57.5. The maximum Gasteiger partial charge on any atom is 0.240 e. The molecular formula is C13H20N2O5S2. The van der Waals surface area contributed by atoms with Gasteiger partial charge in [-0.2, -0.15) is 0 Å². The lowest BCUT2D eigenvalue weighted by molar-refractivity contribution is 0.185. The minimum absolute atomic E-state index is 0.149. The Labute approximate surface area is 131 Å². The van der Waals surface area contributed by atoms with Crippen molar-refractivity contribution >= 4 is 20.0 Å². The second-order valence-corrected chi connectivity index (χ2v) is 9.34. The summed E-state index contributed by atoms with van der Waals surface area (Å²) in [4.78, 5) is 0.149. The Morgan fingerprint density at radius 3 is 2.36 bits per heavy atom. The molecule has 1 aromatic rings. The van der Waals surface area contributed by atoms with Crippen molar-refractivity contribution in [1.29, 1.82) is 0 Å². The third kappa shape index (κ3) is 4.05. The van der Waals surface area contributed by atoms with Crippen molar-refractivity contribution in [1.82, 2.24) is 9.03 Å². The fourth-order valence-corrected chi connectivity index (χ4v) is 4.66. The molecule has 2 atom stereocenters. The number of nitrogens with one attached hydrogen (secondary N) is 1. The van der Waals surface area contributed by atoms with E-state index in [2.05, 4.69) is 4.72 Å². The van der Waals surface area contributed by atoms with Crippen LogP contribution in [-0.4, -0.2) is 60.2 Å². The first-order valence-corrected chi connectivity index (χ1v) is 9.87. The summed E-state index contributed by atoms with van der Waals surface area (Å²) in [5.74, 6) is -0.562. The van der Waals surface area contributed by atoms with E-state index < -0.39 is 32.0 Å². The second-order valence-electron chi connectivity index (χ2n) is 5.40. The maximum atomic E-state index is 12.3. The van der Waals surface area contributed by atoms with Crippen LogP contribution in [0.15, 0.2) is 35.2 Å². The molecule has 0 aliphatic carbocycles. The summed E-state index contributed by atoms with van der Waals surface area (Å²) in [7, 11) is -4.20. The summed E-state index contributed by atoms with van der Waals surface area (Å²) in [5.41, 5.74) is 0. The molecule has 1 aliphatic heterocycles. The van der Waals surface area contributed by atoms with Crippen LogP contribution in [0.25, 0.3) is 0 Å². The molecule has 0 spiro atoms. The number of sulfonamides is 2. The number of rotatable bonds is 6. The van der Waals surface area contributed by atoms with Crippen LogP contribution in [0.3, 0.4) is 0 Å². The lowest BCUT2D eigenvalue weighted by Crippen LogP contribution is -2.43. The van der Waals surface area contributed by atoms with Crippen LogP contribution in [0.2, 0.25) is 0 Å². The molecule has 1 N–H and O–H groups in total. The van der Waals surface area contributed by atoms with Gasteiger partial charge in [0.2, 0.25) is 20.0 Å². The predicted molar refractivity (Wildman–Crippen MR) is 82.3 cm³/mol. The van der Waals surface area contributed by atoms with Gasteiger partial charge >= 0.3 is 0 Å². The molecule has 1 heterocycles. The molecule has 0 bridgehead atoms. The van der Waals surface area contributed by atoms with Crippen LogP contribution in [0.1, 0.15) is 0 Å². The number of benzene rings is 1. The minimum atomic E-state index is -3.69. The van der Waals surface area contributed by atoms with Crippen LogP contribution >= 0.6 is 0 Å². The van der Waals surface area contributed by atoms with Crippen molar-refractivity contribution in [3.05, 3.63) is 30.3 Å². The van der Waals surface area contributed by atoms with Crippen molar-refractivity contribution in [3.8, 4) is 0 Å². The van der Waals surface area contributed by atoms with Gasteiger partial charge in [-0.3, -0.25) is 0 Å². The maximum absolute atomic E-state index is 12.3. The van der Waals surface area contributed by atoms with Crippen LogP contribution in [-0.2, 0) is 24.8 Å². The lowest BCUT2D eigenvalue weighted by atomic mass is 10.1. The van der Waals surface area contributed by atoms with Crippen LogP contribution in [0.4, 0.5) is 0 Å². The van der Waals surface area contributed by atoms with Gasteiger partial charge in [0.25, 0.3) is 0 Å². The highest BCUT2D eigenvalue weighted by Gasteiger charge is 2.35. The monoisotopic (exact) mass is 348 g/mol. The highest BCUT2D eigenvalue weighted by atomic mass is 32.2. The average molecular weight is 348 g/mol. The zero-order valence-corrected chi connectivity index (χ0v) is 14.1. The van der Waals surface area contributed by atoms with E-state index in [1.54, 1.807) is 18.2 Å². The predicted octanol–water partition coefficient (Wildman–Crippen LogP) is -0.129. The summed E-state index contributed by atoms with van der Waals surface area (Å²) in [6.45, 7) is 0.384. The molecule has 0 aromatic heterocycles. The van der Waals surface area contributed by atoms with E-state index >= 15 is 0 Å². The zero-order chi connectivity index (χ0) is 16.4. The van der Waals surface area contributed by atoms with Gasteiger partial charge in [0, 0.05) is 20.0 Å². The fourth-order valence-electron chi connectivity index (χ4n) is 2.18. The number of ether oxygens (including phenoxy) is 1. The molecule has 0 saturated carbocycles. The van der Waals surface area contributed by atoms with Crippen molar-refractivity contribution in [2.75, 3.05) is 33.1 Å². The van der Waals surface area contributed by atoms with Gasteiger partial charge in [0.05, 0.1) is 29.9 Å². The van der Waals surface area contributed by atoms with Gasteiger partial charge in [-0.25, -0.2) is 25.9 Å². The van der Waals surface area contributed by atoms with Crippen LogP contribution < -0.4 is 4.72 Å². The largest absolute Gasteiger partial charge is 0.379 e. The standard InChI is InChI=1S/C13H20N2O5S2/c1-15(2)21(16,17)10-11-8-20-9-13(11)14-22(18,19)12-6-4-3-5-7-12/h3-7,11,13-14H,8-10H2,1-2H3/t11-,13-/m0/s1. The third-order valence-corrected chi connectivity index (χ3v) is 7.01. The SMILES string of the molecule is CN(C)S(=O)(=O)C[C@@H]1COC[C@@H]1NS(=O)(=O)c1ccccc1. The number of hydrogen-bond donors (Lipinski definition) is 1. The molecule has 2 rings (SSSR count). The van der Waals surface area contributed by atoms with Crippen molar-refractivity contribution in [2.24, 2.45) is 5.92 Å². The summed E-state index contributed by atoms with van der Waals surface area (Å²) in [6, 6.07) is 7.42. The summed E-state index contributed by atoms with van der Waals surface area (Å²) in [5, 5.41) is 0. The first-order chi connectivity index (χ1) is 10.2. The van der Waals surface area contributed by atoms with Gasteiger partial charge in [0.1, 0.15) is 0 Å². The highest BCUT2D eigenvalue weighted by Crippen LogP contribution is 2.19. The van der Waals surface area contributed by atoms with Crippen LogP contribution in [0, 0.1) is 5.92 Å². The average Bonchev–Trinajstić information content (AvgIpc) is 2.85. The second kappa shape index (κ2) is 6.63. The van der Waals surface area contributed by atoms with E-state index in [0.717, 1.165) is 4.31 Å². The molecule has 0 radical (unpaired) electrons. The summed E-state index contributed by atoms with van der Waals surface area (Å²) >= 11 is 0. The molecule has 1 saturated heterocycles. The van der Waals surface area contributed by atoms with E-state index in [1.165, 1.54) is 26.2 Å². The Kier molecular flexibility index (Phi) is 5.23. The molecule has 9 heteroatoms. The van der Waals surface area contributed by atoms with E-state index in [-0.39, 0.29) is 23.9 Å². The highest BCUT2D eigenvalue weighted by molar-refractivity contribution is 7.89. The van der Waals surface area contributed by atoms with Gasteiger partial charge in [-0.05, 0) is 12.1 Å². The van der Waals surface area contributed by atoms with E-state index in [9.17, 15) is 16.8 Å². The Balaban J connectivity index is 2.12. The van der Waals surface area contributed by atoms with Gasteiger partial charge in [0.15, 0.2) is 0 Å². The normalized spacial score (nSPS) is 23.0. The quantitative estimate of drug-likeness (QED) is 0.773. The number of hydrogen-bond acceptors (Lipinski definition) is 5. The van der Waals surface area contributed by atoms with E-state index in [1.807, 2.05) is 0 Å². The molecule has 0 amide bonds. The lowest BCUT2D eigenvalue weighted by Gasteiger charge is -2.21. The molecular weight excluding hydrogens is 328 g/mol. The Bertz CT molecular complexity index is 701. The molecule has 7 nitrogen and oxygen atoms in total. The minimum Gasteiger partial charge on any atom is -0.379 e. The fraction of sp³-hybridized carbons (Fsp3) is 0.538. The van der Waals surface area contributed by atoms with Crippen molar-refractivity contribution in [2.45, 2.75) is 10.9 Å². The van der Waals surface area contributed by atoms with Gasteiger partial charge in [-0.15, -0.1) is 0 Å². The van der Waals surface area contributed by atoms with E-state index in [0.29, 0.717) is 0 Å². The molecule has 124 valence electrons. The first-order valence-electron chi connectivity index (χ1n) is 6.78. The molecule has 0 unspecified atom stereocenters. The molecule has 22 heavy (non-hydrogen) atoms. The van der Waals surface area contributed by atoms with Gasteiger partial charge in [-0.1, -0.05) is 18.2 Å². The van der Waals surface area contributed by atoms with Gasteiger partial charge < -0.3 is 4.74 Å². The Morgan fingerprint density at radius 2 is 1.77 bits per heavy atom. The van der Waals surface area contributed by atoms with Crippen molar-refractivity contribution in [3.63, 3.8) is 0 Å². The smallest absolute Gasteiger partial charge is 0.240 e. The van der Waals surface area contributed by atoms with Crippen molar-refractivity contribution < 1.29 is 21.6 Å². The summed E-state index contributed by atoms with van der Waals surface area (Å²) in [6.07, 6.45) is 0. The third-order valence-electron chi connectivity index (χ3n) is 3.54. The molecule has 1 aromatic carbocycles. The van der Waals surface area contributed by atoms with E-state index in [4.69, 9.17) is 4.74 Å². The number of nitrogens with zero attached hydrogens (tertiary/aromatic N) is 1.